The quantitative estimate of drug-likeness (QED) is 0.898. The smallest absolute Gasteiger partial charge is 0.0797 e. The van der Waals surface area contributed by atoms with E-state index in [1.54, 1.807) is 0 Å². The van der Waals surface area contributed by atoms with Gasteiger partial charge in [-0.15, -0.1) is 0 Å². The van der Waals surface area contributed by atoms with E-state index in [-0.39, 0.29) is 0 Å². The first kappa shape index (κ1) is 12.8. The Morgan fingerprint density at radius 2 is 1.94 bits per heavy atom. The molecule has 0 radical (unpaired) electrons. The van der Waals surface area contributed by atoms with Crippen LogP contribution in [0.4, 0.5) is 0 Å². The first-order valence-corrected chi connectivity index (χ1v) is 6.29. The van der Waals surface area contributed by atoms with Crippen LogP contribution < -0.4 is 5.32 Å². The van der Waals surface area contributed by atoms with E-state index in [2.05, 4.69) is 49.4 Å². The number of benzene rings is 1. The Morgan fingerprint density at radius 1 is 1.22 bits per heavy atom. The predicted molar refractivity (Wildman–Crippen MR) is 75.6 cm³/mol. The maximum Gasteiger partial charge on any atom is 0.0797 e. The van der Waals surface area contributed by atoms with Crippen molar-refractivity contribution in [3.63, 3.8) is 0 Å². The topological polar surface area (TPSA) is 29.9 Å². The summed E-state index contributed by atoms with van der Waals surface area (Å²) in [4.78, 5) is 0. The van der Waals surface area contributed by atoms with Crippen molar-refractivity contribution in [3.05, 3.63) is 40.6 Å². The van der Waals surface area contributed by atoms with Crippen LogP contribution in [0.25, 0.3) is 11.3 Å². The van der Waals surface area contributed by atoms with Crippen molar-refractivity contribution >= 4 is 0 Å². The first-order chi connectivity index (χ1) is 8.54. The Morgan fingerprint density at radius 3 is 2.56 bits per heavy atom. The van der Waals surface area contributed by atoms with Crippen LogP contribution in [-0.4, -0.2) is 16.8 Å². The van der Waals surface area contributed by atoms with Gasteiger partial charge in [-0.2, -0.15) is 5.10 Å². The summed E-state index contributed by atoms with van der Waals surface area (Å²) in [6.45, 7) is 7.24. The molecule has 0 saturated carbocycles. The van der Waals surface area contributed by atoms with Gasteiger partial charge in [0.05, 0.1) is 11.4 Å². The predicted octanol–water partition coefficient (Wildman–Crippen LogP) is 2.73. The molecule has 0 amide bonds. The maximum absolute atomic E-state index is 4.59. The van der Waals surface area contributed by atoms with Crippen LogP contribution in [0.2, 0.25) is 0 Å². The molecular weight excluding hydrogens is 222 g/mol. The fourth-order valence-corrected chi connectivity index (χ4v) is 2.48. The molecule has 1 heterocycles. The summed E-state index contributed by atoms with van der Waals surface area (Å²) in [7, 11) is 3.96. The van der Waals surface area contributed by atoms with Crippen LogP contribution in [0, 0.1) is 20.8 Å². The van der Waals surface area contributed by atoms with Crippen molar-refractivity contribution in [2.75, 3.05) is 7.05 Å². The van der Waals surface area contributed by atoms with Gasteiger partial charge in [0.15, 0.2) is 0 Å². The fourth-order valence-electron chi connectivity index (χ4n) is 2.48. The van der Waals surface area contributed by atoms with Crippen molar-refractivity contribution < 1.29 is 0 Å². The van der Waals surface area contributed by atoms with Crippen molar-refractivity contribution in [1.29, 1.82) is 0 Å². The van der Waals surface area contributed by atoms with Crippen LogP contribution >= 0.6 is 0 Å². The van der Waals surface area contributed by atoms with Crippen molar-refractivity contribution in [1.82, 2.24) is 15.1 Å². The third kappa shape index (κ3) is 2.18. The highest BCUT2D eigenvalue weighted by Crippen LogP contribution is 2.28. The summed E-state index contributed by atoms with van der Waals surface area (Å²) in [6, 6.07) is 6.57. The third-order valence-electron chi connectivity index (χ3n) is 3.36. The summed E-state index contributed by atoms with van der Waals surface area (Å²) in [5.74, 6) is 0. The van der Waals surface area contributed by atoms with Crippen LogP contribution in [0.1, 0.15) is 22.4 Å². The minimum absolute atomic E-state index is 0.810. The van der Waals surface area contributed by atoms with Crippen LogP contribution in [0.15, 0.2) is 18.2 Å². The Balaban J connectivity index is 2.56. The Hall–Kier alpha value is -1.61. The highest BCUT2D eigenvalue weighted by Gasteiger charge is 2.14. The van der Waals surface area contributed by atoms with Gasteiger partial charge >= 0.3 is 0 Å². The molecule has 1 aromatic heterocycles. The van der Waals surface area contributed by atoms with Gasteiger partial charge in [-0.3, -0.25) is 4.68 Å². The Labute approximate surface area is 109 Å². The molecule has 3 heteroatoms. The normalized spacial score (nSPS) is 10.9. The van der Waals surface area contributed by atoms with Crippen LogP contribution in [0.5, 0.6) is 0 Å². The van der Waals surface area contributed by atoms with Gasteiger partial charge in [-0.05, 0) is 38.9 Å². The molecule has 0 unspecified atom stereocenters. The molecule has 0 atom stereocenters. The summed E-state index contributed by atoms with van der Waals surface area (Å²) in [6.07, 6.45) is 0. The van der Waals surface area contributed by atoms with Gasteiger partial charge in [-0.25, -0.2) is 0 Å². The lowest BCUT2D eigenvalue weighted by atomic mass is 10.00. The average Bonchev–Trinajstić information content (AvgIpc) is 2.56. The molecule has 0 aliphatic heterocycles. The standard InChI is InChI=1S/C15H21N3/c1-10-6-7-13(11(2)8-10)15-12(3)14(9-16-4)17-18(15)5/h6-8,16H,9H2,1-5H3. The van der Waals surface area contributed by atoms with Crippen LogP contribution in [-0.2, 0) is 13.6 Å². The molecule has 96 valence electrons. The molecule has 0 spiro atoms. The lowest BCUT2D eigenvalue weighted by molar-refractivity contribution is 0.715. The molecule has 0 bridgehead atoms. The molecule has 1 N–H and O–H groups in total. The number of aromatic nitrogens is 2. The number of nitrogens with one attached hydrogen (secondary N) is 1. The van der Waals surface area contributed by atoms with Gasteiger partial charge in [0, 0.05) is 19.2 Å². The Kier molecular flexibility index (Phi) is 3.53. The molecule has 18 heavy (non-hydrogen) atoms. The zero-order chi connectivity index (χ0) is 13.3. The van der Waals surface area contributed by atoms with E-state index in [1.165, 1.54) is 27.9 Å². The third-order valence-corrected chi connectivity index (χ3v) is 3.36. The van der Waals surface area contributed by atoms with E-state index in [0.29, 0.717) is 0 Å². The molecule has 1 aromatic carbocycles. The minimum Gasteiger partial charge on any atom is -0.314 e. The number of nitrogens with zero attached hydrogens (tertiary/aromatic N) is 2. The second-order valence-corrected chi connectivity index (χ2v) is 4.89. The van der Waals surface area contributed by atoms with E-state index >= 15 is 0 Å². The Bertz CT molecular complexity index is 567. The van der Waals surface area contributed by atoms with Crippen molar-refractivity contribution in [3.8, 4) is 11.3 Å². The molecule has 3 nitrogen and oxygen atoms in total. The number of rotatable bonds is 3. The van der Waals surface area contributed by atoms with Crippen molar-refractivity contribution in [2.24, 2.45) is 7.05 Å². The monoisotopic (exact) mass is 243 g/mol. The summed E-state index contributed by atoms with van der Waals surface area (Å²) in [5.41, 5.74) is 7.48. The zero-order valence-corrected chi connectivity index (χ0v) is 11.8. The van der Waals surface area contributed by atoms with Crippen molar-refractivity contribution in [2.45, 2.75) is 27.3 Å². The number of aryl methyl sites for hydroxylation is 3. The lowest BCUT2D eigenvalue weighted by Crippen LogP contribution is -2.06. The lowest BCUT2D eigenvalue weighted by Gasteiger charge is -2.08. The molecule has 2 rings (SSSR count). The molecule has 0 aliphatic rings. The number of hydrogen-bond donors (Lipinski definition) is 1. The second-order valence-electron chi connectivity index (χ2n) is 4.89. The molecule has 0 saturated heterocycles. The molecule has 0 fully saturated rings. The van der Waals surface area contributed by atoms with Gasteiger partial charge in [0.2, 0.25) is 0 Å². The molecule has 2 aromatic rings. The summed E-state index contributed by atoms with van der Waals surface area (Å²) < 4.78 is 1.99. The fraction of sp³-hybridized carbons (Fsp3) is 0.400. The molecule has 0 aliphatic carbocycles. The highest BCUT2D eigenvalue weighted by molar-refractivity contribution is 5.68. The number of hydrogen-bond acceptors (Lipinski definition) is 2. The maximum atomic E-state index is 4.59. The van der Waals surface area contributed by atoms with Crippen LogP contribution in [0.3, 0.4) is 0 Å². The van der Waals surface area contributed by atoms with E-state index in [9.17, 15) is 0 Å². The van der Waals surface area contributed by atoms with Gasteiger partial charge < -0.3 is 5.32 Å². The summed E-state index contributed by atoms with van der Waals surface area (Å²) >= 11 is 0. The largest absolute Gasteiger partial charge is 0.314 e. The highest BCUT2D eigenvalue weighted by atomic mass is 15.3. The van der Waals surface area contributed by atoms with Gasteiger partial charge in [-0.1, -0.05) is 23.8 Å². The van der Waals surface area contributed by atoms with Gasteiger partial charge in [0.25, 0.3) is 0 Å². The van der Waals surface area contributed by atoms with E-state index < -0.39 is 0 Å². The first-order valence-electron chi connectivity index (χ1n) is 6.29. The molecular formula is C15H21N3. The SMILES string of the molecule is CNCc1nn(C)c(-c2ccc(C)cc2C)c1C. The zero-order valence-electron chi connectivity index (χ0n) is 11.8. The minimum atomic E-state index is 0.810. The summed E-state index contributed by atoms with van der Waals surface area (Å²) in [5, 5.41) is 7.76. The van der Waals surface area contributed by atoms with E-state index in [1.807, 2.05) is 18.8 Å². The van der Waals surface area contributed by atoms with Gasteiger partial charge in [0.1, 0.15) is 0 Å². The second kappa shape index (κ2) is 4.94. The van der Waals surface area contributed by atoms with E-state index in [0.717, 1.165) is 12.2 Å². The van der Waals surface area contributed by atoms with E-state index in [4.69, 9.17) is 0 Å². The average molecular weight is 243 g/mol.